The lowest BCUT2D eigenvalue weighted by Gasteiger charge is -2.07. The predicted molar refractivity (Wildman–Crippen MR) is 70.4 cm³/mol. The number of nitrogens with zero attached hydrogens (tertiary/aromatic N) is 2. The number of amides is 1. The van der Waals surface area contributed by atoms with E-state index in [4.69, 9.17) is 5.73 Å². The van der Waals surface area contributed by atoms with E-state index in [1.807, 2.05) is 0 Å². The van der Waals surface area contributed by atoms with Gasteiger partial charge in [-0.15, -0.1) is 0 Å². The molecule has 0 saturated carbocycles. The number of rotatable bonds is 4. The lowest BCUT2D eigenvalue weighted by atomic mass is 10.2. The second-order valence-electron chi connectivity index (χ2n) is 4.15. The van der Waals surface area contributed by atoms with Crippen LogP contribution in [0.25, 0.3) is 0 Å². The fourth-order valence-electron chi connectivity index (χ4n) is 1.68. The molecule has 0 aliphatic rings. The van der Waals surface area contributed by atoms with Crippen molar-refractivity contribution in [1.82, 2.24) is 9.55 Å². The second kappa shape index (κ2) is 5.62. The van der Waals surface area contributed by atoms with E-state index in [1.54, 1.807) is 36.1 Å². The van der Waals surface area contributed by atoms with E-state index in [2.05, 4.69) is 10.3 Å². The van der Waals surface area contributed by atoms with Crippen molar-refractivity contribution in [1.29, 1.82) is 0 Å². The molecule has 0 aliphatic heterocycles. The maximum absolute atomic E-state index is 13.4. The fraction of sp³-hybridized carbons (Fsp3) is 0.231. The highest BCUT2D eigenvalue weighted by atomic mass is 19.1. The van der Waals surface area contributed by atoms with E-state index in [0.717, 1.165) is 0 Å². The highest BCUT2D eigenvalue weighted by Gasteiger charge is 2.12. The zero-order valence-corrected chi connectivity index (χ0v) is 10.6. The van der Waals surface area contributed by atoms with Gasteiger partial charge in [0.05, 0.1) is 6.33 Å². The van der Waals surface area contributed by atoms with Gasteiger partial charge in [0.2, 0.25) is 0 Å². The minimum absolute atomic E-state index is 0.275. The molecular formula is C13H15FN4O. The zero-order valence-electron chi connectivity index (χ0n) is 10.6. The topological polar surface area (TPSA) is 72.9 Å². The van der Waals surface area contributed by atoms with Crippen molar-refractivity contribution < 1.29 is 9.18 Å². The summed E-state index contributed by atoms with van der Waals surface area (Å²) in [4.78, 5) is 15.9. The Morgan fingerprint density at radius 2 is 2.32 bits per heavy atom. The summed E-state index contributed by atoms with van der Waals surface area (Å²) in [5.74, 6) is -0.726. The standard InChI is InChI=1S/C13H15FN4O/c1-9-10(14)3-2-4-11(9)17-13(19)12-7-18(6-5-15)8-16-12/h2-4,7-8H,5-6,15H2,1H3,(H,17,19). The smallest absolute Gasteiger partial charge is 0.275 e. The highest BCUT2D eigenvalue weighted by Crippen LogP contribution is 2.18. The van der Waals surface area contributed by atoms with E-state index in [0.29, 0.717) is 24.3 Å². The molecule has 1 heterocycles. The summed E-state index contributed by atoms with van der Waals surface area (Å²) in [7, 11) is 0. The Labute approximate surface area is 110 Å². The number of nitrogens with two attached hydrogens (primary N) is 1. The number of imidazole rings is 1. The van der Waals surface area contributed by atoms with E-state index in [-0.39, 0.29) is 17.4 Å². The Morgan fingerprint density at radius 1 is 1.53 bits per heavy atom. The molecule has 0 aliphatic carbocycles. The summed E-state index contributed by atoms with van der Waals surface area (Å²) in [6, 6.07) is 4.54. The molecule has 1 amide bonds. The van der Waals surface area contributed by atoms with Crippen LogP contribution in [-0.2, 0) is 6.54 Å². The van der Waals surface area contributed by atoms with Crippen LogP contribution in [0.15, 0.2) is 30.7 Å². The summed E-state index contributed by atoms with van der Waals surface area (Å²) >= 11 is 0. The molecule has 0 bridgehead atoms. The molecule has 1 aromatic heterocycles. The first-order valence-electron chi connectivity index (χ1n) is 5.90. The average Bonchev–Trinajstić information content (AvgIpc) is 2.84. The number of halogens is 1. The van der Waals surface area contributed by atoms with Crippen LogP contribution in [0.1, 0.15) is 16.1 Å². The number of carbonyl (C=O) groups is 1. The molecule has 100 valence electrons. The van der Waals surface area contributed by atoms with Crippen LogP contribution in [0.5, 0.6) is 0 Å². The summed E-state index contributed by atoms with van der Waals surface area (Å²) < 4.78 is 15.1. The Balaban J connectivity index is 2.14. The molecule has 1 aromatic carbocycles. The van der Waals surface area contributed by atoms with E-state index in [9.17, 15) is 9.18 Å². The van der Waals surface area contributed by atoms with Crippen LogP contribution >= 0.6 is 0 Å². The van der Waals surface area contributed by atoms with Gasteiger partial charge < -0.3 is 15.6 Å². The summed E-state index contributed by atoms with van der Waals surface area (Å²) in [6.45, 7) is 2.68. The third-order valence-electron chi connectivity index (χ3n) is 2.77. The molecule has 6 heteroatoms. The maximum atomic E-state index is 13.4. The second-order valence-corrected chi connectivity index (χ2v) is 4.15. The summed E-state index contributed by atoms with van der Waals surface area (Å²) in [5, 5.41) is 2.64. The minimum Gasteiger partial charge on any atom is -0.335 e. The maximum Gasteiger partial charge on any atom is 0.275 e. The molecule has 19 heavy (non-hydrogen) atoms. The predicted octanol–water partition coefficient (Wildman–Crippen LogP) is 1.54. The van der Waals surface area contributed by atoms with Crippen molar-refractivity contribution in [3.8, 4) is 0 Å². The van der Waals surface area contributed by atoms with Crippen molar-refractivity contribution in [3.63, 3.8) is 0 Å². The quantitative estimate of drug-likeness (QED) is 0.877. The Bertz CT molecular complexity index is 594. The van der Waals surface area contributed by atoms with Gasteiger partial charge in [-0.2, -0.15) is 0 Å². The molecule has 0 unspecified atom stereocenters. The van der Waals surface area contributed by atoms with Crippen LogP contribution < -0.4 is 11.1 Å². The number of carbonyl (C=O) groups excluding carboxylic acids is 1. The molecule has 2 aromatic rings. The number of hydrogen-bond acceptors (Lipinski definition) is 3. The minimum atomic E-state index is -0.371. The molecule has 0 saturated heterocycles. The fourth-order valence-corrected chi connectivity index (χ4v) is 1.68. The van der Waals surface area contributed by atoms with Crippen molar-refractivity contribution in [2.45, 2.75) is 13.5 Å². The molecular weight excluding hydrogens is 247 g/mol. The molecule has 5 nitrogen and oxygen atoms in total. The summed E-state index contributed by atoms with van der Waals surface area (Å²) in [6.07, 6.45) is 3.15. The Kier molecular flexibility index (Phi) is 3.91. The first kappa shape index (κ1) is 13.2. The van der Waals surface area contributed by atoms with E-state index < -0.39 is 0 Å². The number of hydrogen-bond donors (Lipinski definition) is 2. The van der Waals surface area contributed by atoms with Crippen molar-refractivity contribution in [3.05, 3.63) is 47.8 Å². The average molecular weight is 262 g/mol. The van der Waals surface area contributed by atoms with Crippen molar-refractivity contribution in [2.24, 2.45) is 5.73 Å². The van der Waals surface area contributed by atoms with Gasteiger partial charge in [-0.25, -0.2) is 9.37 Å². The Hall–Kier alpha value is -2.21. The molecule has 2 rings (SSSR count). The summed E-state index contributed by atoms with van der Waals surface area (Å²) in [5.41, 5.74) is 6.53. The molecule has 3 N–H and O–H groups in total. The van der Waals surface area contributed by atoms with Gasteiger partial charge in [-0.1, -0.05) is 6.07 Å². The number of benzene rings is 1. The van der Waals surface area contributed by atoms with Gasteiger partial charge in [0, 0.05) is 30.5 Å². The SMILES string of the molecule is Cc1c(F)cccc1NC(=O)c1cn(CCN)cn1. The van der Waals surface area contributed by atoms with Gasteiger partial charge in [0.25, 0.3) is 5.91 Å². The largest absolute Gasteiger partial charge is 0.335 e. The number of nitrogens with one attached hydrogen (secondary N) is 1. The van der Waals surface area contributed by atoms with Crippen LogP contribution in [0.4, 0.5) is 10.1 Å². The van der Waals surface area contributed by atoms with Crippen molar-refractivity contribution in [2.75, 3.05) is 11.9 Å². The first-order valence-corrected chi connectivity index (χ1v) is 5.90. The van der Waals surface area contributed by atoms with Gasteiger partial charge >= 0.3 is 0 Å². The Morgan fingerprint density at radius 3 is 3.05 bits per heavy atom. The van der Waals surface area contributed by atoms with Gasteiger partial charge in [-0.3, -0.25) is 4.79 Å². The highest BCUT2D eigenvalue weighted by molar-refractivity contribution is 6.03. The zero-order chi connectivity index (χ0) is 13.8. The van der Waals surface area contributed by atoms with Crippen LogP contribution in [0.3, 0.4) is 0 Å². The molecule has 0 spiro atoms. The lowest BCUT2D eigenvalue weighted by molar-refractivity contribution is 0.102. The van der Waals surface area contributed by atoms with Crippen LogP contribution in [-0.4, -0.2) is 22.0 Å². The van der Waals surface area contributed by atoms with Crippen molar-refractivity contribution >= 4 is 11.6 Å². The third-order valence-corrected chi connectivity index (χ3v) is 2.77. The monoisotopic (exact) mass is 262 g/mol. The van der Waals surface area contributed by atoms with Gasteiger partial charge in [0.15, 0.2) is 0 Å². The van der Waals surface area contributed by atoms with E-state index in [1.165, 1.54) is 6.07 Å². The van der Waals surface area contributed by atoms with Gasteiger partial charge in [-0.05, 0) is 19.1 Å². The first-order chi connectivity index (χ1) is 9.11. The van der Waals surface area contributed by atoms with Gasteiger partial charge in [0.1, 0.15) is 11.5 Å². The number of anilines is 1. The lowest BCUT2D eigenvalue weighted by Crippen LogP contribution is -2.14. The number of aromatic nitrogens is 2. The van der Waals surface area contributed by atoms with E-state index >= 15 is 0 Å². The van der Waals surface area contributed by atoms with Crippen LogP contribution in [0, 0.1) is 12.7 Å². The molecule has 0 radical (unpaired) electrons. The third kappa shape index (κ3) is 2.97. The molecule has 0 atom stereocenters. The normalized spacial score (nSPS) is 10.5. The molecule has 0 fully saturated rings. The van der Waals surface area contributed by atoms with Crippen LogP contribution in [0.2, 0.25) is 0 Å².